The molecule has 3 rings (SSSR count). The van der Waals surface area contributed by atoms with Gasteiger partial charge in [-0.1, -0.05) is 6.07 Å². The van der Waals surface area contributed by atoms with Gasteiger partial charge in [-0.25, -0.2) is 4.39 Å². The molecule has 0 aromatic heterocycles. The van der Waals surface area contributed by atoms with Crippen LogP contribution in [0.5, 0.6) is 0 Å². The molecule has 0 spiro atoms. The number of rotatable bonds is 3. The summed E-state index contributed by atoms with van der Waals surface area (Å²) in [5.74, 6) is -0.361. The number of nitrogens with zero attached hydrogens (tertiary/aromatic N) is 1. The van der Waals surface area contributed by atoms with E-state index in [2.05, 4.69) is 5.32 Å². The molecule has 0 saturated carbocycles. The van der Waals surface area contributed by atoms with Crippen LogP contribution in [0.2, 0.25) is 0 Å². The summed E-state index contributed by atoms with van der Waals surface area (Å²) in [4.78, 5) is 14.3. The highest BCUT2D eigenvalue weighted by Crippen LogP contribution is 2.19. The molecule has 22 heavy (non-hydrogen) atoms. The Hall–Kier alpha value is -1.66. The van der Waals surface area contributed by atoms with Crippen molar-refractivity contribution in [2.45, 2.75) is 25.0 Å². The van der Waals surface area contributed by atoms with Crippen LogP contribution >= 0.6 is 0 Å². The zero-order chi connectivity index (χ0) is 15.4. The number of hydrogen-bond donors (Lipinski definition) is 1. The molecule has 2 saturated heterocycles. The van der Waals surface area contributed by atoms with Crippen molar-refractivity contribution >= 4 is 11.6 Å². The number of hydrogen-bond acceptors (Lipinski definition) is 4. The molecule has 0 aliphatic carbocycles. The SMILES string of the molecule is O=C(NC1CCOCC1)[C@H]1CN(c2cccc(F)c2)CCO1. The number of ether oxygens (including phenoxy) is 2. The predicted molar refractivity (Wildman–Crippen MR) is 80.3 cm³/mol. The Morgan fingerprint density at radius 2 is 2.09 bits per heavy atom. The quantitative estimate of drug-likeness (QED) is 0.915. The molecule has 2 heterocycles. The van der Waals surface area contributed by atoms with E-state index >= 15 is 0 Å². The fraction of sp³-hybridized carbons (Fsp3) is 0.562. The third kappa shape index (κ3) is 3.75. The number of nitrogens with one attached hydrogen (secondary N) is 1. The van der Waals surface area contributed by atoms with Gasteiger partial charge < -0.3 is 19.7 Å². The largest absolute Gasteiger partial charge is 0.381 e. The summed E-state index contributed by atoms with van der Waals surface area (Å²) in [5.41, 5.74) is 0.784. The Morgan fingerprint density at radius 3 is 2.86 bits per heavy atom. The first-order chi connectivity index (χ1) is 10.7. The van der Waals surface area contributed by atoms with Crippen LogP contribution in [0, 0.1) is 5.82 Å². The number of amides is 1. The molecule has 6 heteroatoms. The molecule has 1 amide bonds. The number of morpholine rings is 1. The van der Waals surface area contributed by atoms with Gasteiger partial charge in [-0.15, -0.1) is 0 Å². The summed E-state index contributed by atoms with van der Waals surface area (Å²) in [7, 11) is 0. The number of halogens is 1. The fourth-order valence-electron chi connectivity index (χ4n) is 2.85. The molecule has 1 atom stereocenters. The van der Waals surface area contributed by atoms with E-state index in [0.717, 1.165) is 18.5 Å². The van der Waals surface area contributed by atoms with Gasteiger partial charge in [-0.3, -0.25) is 4.79 Å². The van der Waals surface area contributed by atoms with Crippen LogP contribution in [0.3, 0.4) is 0 Å². The van der Waals surface area contributed by atoms with Gasteiger partial charge in [0.25, 0.3) is 5.91 Å². The van der Waals surface area contributed by atoms with Crippen LogP contribution in [-0.4, -0.2) is 51.0 Å². The average molecular weight is 308 g/mol. The summed E-state index contributed by atoms with van der Waals surface area (Å²) in [5, 5.41) is 3.03. The van der Waals surface area contributed by atoms with Crippen molar-refractivity contribution in [1.82, 2.24) is 5.32 Å². The van der Waals surface area contributed by atoms with Crippen molar-refractivity contribution in [1.29, 1.82) is 0 Å². The first-order valence-electron chi connectivity index (χ1n) is 7.72. The first-order valence-corrected chi connectivity index (χ1v) is 7.72. The molecule has 1 N–H and O–H groups in total. The van der Waals surface area contributed by atoms with Crippen molar-refractivity contribution < 1.29 is 18.7 Å². The summed E-state index contributed by atoms with van der Waals surface area (Å²) < 4.78 is 24.2. The Balaban J connectivity index is 1.58. The highest BCUT2D eigenvalue weighted by Gasteiger charge is 2.28. The second-order valence-electron chi connectivity index (χ2n) is 5.68. The molecular weight excluding hydrogens is 287 g/mol. The van der Waals surface area contributed by atoms with Gasteiger partial charge in [0, 0.05) is 31.5 Å². The summed E-state index contributed by atoms with van der Waals surface area (Å²) in [6.45, 7) is 2.93. The minimum atomic E-state index is -0.514. The molecule has 0 bridgehead atoms. The summed E-state index contributed by atoms with van der Waals surface area (Å²) in [6, 6.07) is 6.59. The van der Waals surface area contributed by atoms with Gasteiger partial charge in [-0.2, -0.15) is 0 Å². The molecule has 5 nitrogen and oxygen atoms in total. The molecule has 1 aromatic carbocycles. The van der Waals surface area contributed by atoms with Crippen LogP contribution in [0.15, 0.2) is 24.3 Å². The third-order valence-electron chi connectivity index (χ3n) is 4.10. The molecule has 0 unspecified atom stereocenters. The van der Waals surface area contributed by atoms with Gasteiger partial charge >= 0.3 is 0 Å². The second-order valence-corrected chi connectivity index (χ2v) is 5.68. The van der Waals surface area contributed by atoms with Gasteiger partial charge in [-0.05, 0) is 31.0 Å². The number of carbonyl (C=O) groups is 1. The lowest BCUT2D eigenvalue weighted by molar-refractivity contribution is -0.134. The molecule has 0 radical (unpaired) electrons. The van der Waals surface area contributed by atoms with Crippen molar-refractivity contribution in [2.75, 3.05) is 37.8 Å². The van der Waals surface area contributed by atoms with E-state index < -0.39 is 6.10 Å². The number of anilines is 1. The minimum absolute atomic E-state index is 0.0898. The monoisotopic (exact) mass is 308 g/mol. The zero-order valence-electron chi connectivity index (χ0n) is 12.5. The van der Waals surface area contributed by atoms with E-state index in [1.54, 1.807) is 6.07 Å². The van der Waals surface area contributed by atoms with Crippen LogP contribution in [0.25, 0.3) is 0 Å². The highest BCUT2D eigenvalue weighted by molar-refractivity contribution is 5.82. The molecule has 120 valence electrons. The van der Waals surface area contributed by atoms with Crippen LogP contribution < -0.4 is 10.2 Å². The van der Waals surface area contributed by atoms with E-state index in [-0.39, 0.29) is 17.8 Å². The van der Waals surface area contributed by atoms with Crippen molar-refractivity contribution in [3.05, 3.63) is 30.1 Å². The number of carbonyl (C=O) groups excluding carboxylic acids is 1. The normalized spacial score (nSPS) is 23.3. The van der Waals surface area contributed by atoms with Gasteiger partial charge in [0.2, 0.25) is 0 Å². The lowest BCUT2D eigenvalue weighted by Crippen LogP contribution is -2.52. The molecule has 1 aromatic rings. The van der Waals surface area contributed by atoms with Crippen LogP contribution in [-0.2, 0) is 14.3 Å². The third-order valence-corrected chi connectivity index (χ3v) is 4.10. The molecule has 2 aliphatic heterocycles. The lowest BCUT2D eigenvalue weighted by Gasteiger charge is -2.34. The Kier molecular flexibility index (Phi) is 4.90. The van der Waals surface area contributed by atoms with E-state index in [4.69, 9.17) is 9.47 Å². The van der Waals surface area contributed by atoms with Crippen LogP contribution in [0.1, 0.15) is 12.8 Å². The van der Waals surface area contributed by atoms with Crippen LogP contribution in [0.4, 0.5) is 10.1 Å². The smallest absolute Gasteiger partial charge is 0.251 e. The Morgan fingerprint density at radius 1 is 1.27 bits per heavy atom. The van der Waals surface area contributed by atoms with E-state index in [1.165, 1.54) is 12.1 Å². The highest BCUT2D eigenvalue weighted by atomic mass is 19.1. The van der Waals surface area contributed by atoms with Gasteiger partial charge in [0.05, 0.1) is 13.2 Å². The predicted octanol–water partition coefficient (Wildman–Crippen LogP) is 1.33. The zero-order valence-corrected chi connectivity index (χ0v) is 12.5. The molecule has 2 fully saturated rings. The van der Waals surface area contributed by atoms with E-state index in [1.807, 2.05) is 11.0 Å². The topological polar surface area (TPSA) is 50.8 Å². The first kappa shape index (κ1) is 15.2. The van der Waals surface area contributed by atoms with Crippen molar-refractivity contribution in [3.8, 4) is 0 Å². The van der Waals surface area contributed by atoms with E-state index in [9.17, 15) is 9.18 Å². The lowest BCUT2D eigenvalue weighted by atomic mass is 10.1. The Labute approximate surface area is 129 Å². The number of benzene rings is 1. The average Bonchev–Trinajstić information content (AvgIpc) is 2.56. The maximum Gasteiger partial charge on any atom is 0.251 e. The maximum absolute atomic E-state index is 13.3. The Bertz CT molecular complexity index is 520. The van der Waals surface area contributed by atoms with Gasteiger partial charge in [0.15, 0.2) is 6.10 Å². The standard InChI is InChI=1S/C16H21FN2O3/c17-12-2-1-3-14(10-12)19-6-9-22-15(11-19)16(20)18-13-4-7-21-8-5-13/h1-3,10,13,15H,4-9,11H2,(H,18,20)/t15-/m1/s1. The minimum Gasteiger partial charge on any atom is -0.381 e. The van der Waals surface area contributed by atoms with E-state index in [0.29, 0.717) is 32.9 Å². The van der Waals surface area contributed by atoms with Crippen molar-refractivity contribution in [3.63, 3.8) is 0 Å². The fourth-order valence-corrected chi connectivity index (χ4v) is 2.85. The summed E-state index contributed by atoms with van der Waals surface area (Å²) >= 11 is 0. The van der Waals surface area contributed by atoms with Gasteiger partial charge in [0.1, 0.15) is 5.82 Å². The molecular formula is C16H21FN2O3. The second kappa shape index (κ2) is 7.07. The van der Waals surface area contributed by atoms with Crippen molar-refractivity contribution in [2.24, 2.45) is 0 Å². The summed E-state index contributed by atoms with van der Waals surface area (Å²) in [6.07, 6.45) is 1.16. The molecule has 2 aliphatic rings. The maximum atomic E-state index is 13.3.